The van der Waals surface area contributed by atoms with Crippen molar-refractivity contribution in [1.29, 1.82) is 0 Å². The molecular weight excluding hydrogens is 711 g/mol. The van der Waals surface area contributed by atoms with Gasteiger partial charge in [0, 0.05) is 22.5 Å². The molecule has 3 aliphatic carbocycles. The summed E-state index contributed by atoms with van der Waals surface area (Å²) in [6, 6.07) is 79.3. The Bertz CT molecular complexity index is 3010. The Kier molecular flexibility index (Phi) is 7.26. The van der Waals surface area contributed by atoms with Crippen molar-refractivity contribution in [3.63, 3.8) is 0 Å². The fourth-order valence-electron chi connectivity index (χ4n) is 10.8. The van der Waals surface area contributed by atoms with Gasteiger partial charge in [-0.05, 0) is 131 Å². The lowest BCUT2D eigenvalue weighted by Crippen LogP contribution is -2.26. The van der Waals surface area contributed by atoms with Gasteiger partial charge < -0.3 is 4.90 Å². The van der Waals surface area contributed by atoms with E-state index in [9.17, 15) is 0 Å². The fourth-order valence-corrected chi connectivity index (χ4v) is 10.8. The Labute approximate surface area is 346 Å². The average Bonchev–Trinajstić information content (AvgIpc) is 3.85. The summed E-state index contributed by atoms with van der Waals surface area (Å²) in [6.07, 6.45) is 0. The van der Waals surface area contributed by atoms with Crippen LogP contribution in [-0.2, 0) is 10.8 Å². The molecule has 0 N–H and O–H groups in total. The number of fused-ring (bicyclic) bond motifs is 13. The molecular formula is C58H41N. The minimum Gasteiger partial charge on any atom is -0.310 e. The summed E-state index contributed by atoms with van der Waals surface area (Å²) in [5.74, 6) is 0. The predicted molar refractivity (Wildman–Crippen MR) is 246 cm³/mol. The molecule has 3 aliphatic rings. The molecule has 0 fully saturated rings. The van der Waals surface area contributed by atoms with Crippen molar-refractivity contribution in [3.05, 3.63) is 246 Å². The van der Waals surface area contributed by atoms with Crippen LogP contribution >= 0.6 is 0 Å². The Morgan fingerprint density at radius 1 is 0.271 bits per heavy atom. The third-order valence-corrected chi connectivity index (χ3v) is 13.5. The third-order valence-electron chi connectivity index (χ3n) is 13.5. The summed E-state index contributed by atoms with van der Waals surface area (Å²) >= 11 is 0. The van der Waals surface area contributed by atoms with E-state index in [-0.39, 0.29) is 5.41 Å². The van der Waals surface area contributed by atoms with Crippen LogP contribution < -0.4 is 4.90 Å². The zero-order valence-corrected chi connectivity index (χ0v) is 33.2. The zero-order valence-electron chi connectivity index (χ0n) is 33.2. The molecule has 9 aromatic rings. The SMILES string of the molecule is CC1(C)c2ccccc2-c2ccc(N(c3cc(-c4ccccc4)cc(-c4ccccc4)c3)c3ccc4c(c3)C3(c5ccccc5-c5ccccc53)c3ccccc3-4)cc21. The van der Waals surface area contributed by atoms with E-state index >= 15 is 0 Å². The molecule has 0 heterocycles. The fraction of sp³-hybridized carbons (Fsp3) is 0.0690. The number of rotatable bonds is 5. The van der Waals surface area contributed by atoms with Crippen molar-refractivity contribution in [2.24, 2.45) is 0 Å². The molecule has 278 valence electrons. The molecule has 1 spiro atoms. The van der Waals surface area contributed by atoms with Gasteiger partial charge in [0.05, 0.1) is 5.41 Å². The van der Waals surface area contributed by atoms with Crippen LogP contribution in [0.3, 0.4) is 0 Å². The lowest BCUT2D eigenvalue weighted by atomic mass is 9.70. The molecule has 9 aromatic carbocycles. The van der Waals surface area contributed by atoms with Crippen molar-refractivity contribution in [3.8, 4) is 55.6 Å². The van der Waals surface area contributed by atoms with Crippen LogP contribution in [0.4, 0.5) is 17.1 Å². The summed E-state index contributed by atoms with van der Waals surface area (Å²) in [5, 5.41) is 0. The number of anilines is 3. The molecule has 12 rings (SSSR count). The molecule has 0 saturated heterocycles. The molecule has 0 amide bonds. The summed E-state index contributed by atoms with van der Waals surface area (Å²) in [7, 11) is 0. The lowest BCUT2D eigenvalue weighted by Gasteiger charge is -2.33. The molecule has 0 atom stereocenters. The highest BCUT2D eigenvalue weighted by Gasteiger charge is 2.51. The number of hydrogen-bond acceptors (Lipinski definition) is 1. The monoisotopic (exact) mass is 751 g/mol. The topological polar surface area (TPSA) is 3.24 Å². The van der Waals surface area contributed by atoms with E-state index in [4.69, 9.17) is 0 Å². The average molecular weight is 752 g/mol. The molecule has 0 bridgehead atoms. The molecule has 1 heteroatoms. The second-order valence-electron chi connectivity index (χ2n) is 16.9. The van der Waals surface area contributed by atoms with Gasteiger partial charge >= 0.3 is 0 Å². The van der Waals surface area contributed by atoms with Crippen LogP contribution in [0.1, 0.15) is 47.2 Å². The molecule has 1 nitrogen and oxygen atoms in total. The highest BCUT2D eigenvalue weighted by molar-refractivity contribution is 5.97. The third kappa shape index (κ3) is 4.79. The van der Waals surface area contributed by atoms with Gasteiger partial charge in [-0.2, -0.15) is 0 Å². The lowest BCUT2D eigenvalue weighted by molar-refractivity contribution is 0.660. The summed E-state index contributed by atoms with van der Waals surface area (Å²) < 4.78 is 0. The summed E-state index contributed by atoms with van der Waals surface area (Å²) in [6.45, 7) is 4.75. The van der Waals surface area contributed by atoms with E-state index in [1.54, 1.807) is 0 Å². The van der Waals surface area contributed by atoms with E-state index < -0.39 is 5.41 Å². The number of benzene rings is 9. The van der Waals surface area contributed by atoms with Gasteiger partial charge in [-0.3, -0.25) is 0 Å². The Hall–Kier alpha value is -7.22. The maximum absolute atomic E-state index is 2.52. The highest BCUT2D eigenvalue weighted by Crippen LogP contribution is 2.63. The Morgan fingerprint density at radius 2 is 0.644 bits per heavy atom. The van der Waals surface area contributed by atoms with Crippen LogP contribution in [-0.4, -0.2) is 0 Å². The largest absolute Gasteiger partial charge is 0.310 e. The van der Waals surface area contributed by atoms with Crippen LogP contribution in [0, 0.1) is 0 Å². The molecule has 0 aromatic heterocycles. The maximum Gasteiger partial charge on any atom is 0.0726 e. The van der Waals surface area contributed by atoms with Crippen LogP contribution in [0.2, 0.25) is 0 Å². The molecule has 59 heavy (non-hydrogen) atoms. The van der Waals surface area contributed by atoms with Crippen molar-refractivity contribution in [2.75, 3.05) is 4.90 Å². The minimum atomic E-state index is -0.441. The van der Waals surface area contributed by atoms with Gasteiger partial charge in [0.1, 0.15) is 0 Å². The van der Waals surface area contributed by atoms with E-state index in [1.807, 2.05) is 0 Å². The molecule has 0 unspecified atom stereocenters. The van der Waals surface area contributed by atoms with E-state index in [2.05, 4.69) is 231 Å². The van der Waals surface area contributed by atoms with Gasteiger partial charge in [0.25, 0.3) is 0 Å². The number of hydrogen-bond donors (Lipinski definition) is 0. The first-order valence-corrected chi connectivity index (χ1v) is 20.8. The smallest absolute Gasteiger partial charge is 0.0726 e. The van der Waals surface area contributed by atoms with Gasteiger partial charge in [0.15, 0.2) is 0 Å². The standard InChI is InChI=1S/C58H41N/c1-57(2)51-25-13-9-21-45(51)49-31-29-42(36-55(49)57)59(44-34-40(38-17-5-3-6-18-38)33-41(35-44)39-19-7-4-8-20-39)43-30-32-50-48-24-12-16-28-54(48)58(56(50)37-43)52-26-14-10-22-46(52)47-23-11-15-27-53(47)58/h3-37H,1-2H3. The quantitative estimate of drug-likeness (QED) is 0.169. The zero-order chi connectivity index (χ0) is 39.3. The van der Waals surface area contributed by atoms with Gasteiger partial charge in [-0.25, -0.2) is 0 Å². The molecule has 0 aliphatic heterocycles. The van der Waals surface area contributed by atoms with Crippen molar-refractivity contribution in [1.82, 2.24) is 0 Å². The van der Waals surface area contributed by atoms with Crippen molar-refractivity contribution in [2.45, 2.75) is 24.7 Å². The van der Waals surface area contributed by atoms with Crippen molar-refractivity contribution >= 4 is 17.1 Å². The van der Waals surface area contributed by atoms with E-state index in [0.717, 1.165) is 17.1 Å². The summed E-state index contributed by atoms with van der Waals surface area (Å²) in [5.41, 5.74) is 23.6. The first kappa shape index (κ1) is 33.9. The van der Waals surface area contributed by atoms with Gasteiger partial charge in [-0.1, -0.05) is 184 Å². The second-order valence-corrected chi connectivity index (χ2v) is 16.9. The molecule has 0 radical (unpaired) electrons. The first-order chi connectivity index (χ1) is 29.0. The van der Waals surface area contributed by atoms with Crippen LogP contribution in [0.15, 0.2) is 212 Å². The number of nitrogens with zero attached hydrogens (tertiary/aromatic N) is 1. The summed E-state index contributed by atoms with van der Waals surface area (Å²) in [4.78, 5) is 2.52. The highest BCUT2D eigenvalue weighted by atomic mass is 15.1. The molecule has 0 saturated carbocycles. The predicted octanol–water partition coefficient (Wildman–Crippen LogP) is 15.1. The van der Waals surface area contributed by atoms with E-state index in [1.165, 1.54) is 89.0 Å². The van der Waals surface area contributed by atoms with Crippen molar-refractivity contribution < 1.29 is 0 Å². The maximum atomic E-state index is 2.52. The second kappa shape index (κ2) is 12.6. The van der Waals surface area contributed by atoms with E-state index in [0.29, 0.717) is 0 Å². The van der Waals surface area contributed by atoms with Gasteiger partial charge in [-0.15, -0.1) is 0 Å². The normalized spacial score (nSPS) is 14.2. The Balaban J connectivity index is 1.15. The van der Waals surface area contributed by atoms with Crippen LogP contribution in [0.5, 0.6) is 0 Å². The minimum absolute atomic E-state index is 0.143. The Morgan fingerprint density at radius 3 is 1.14 bits per heavy atom. The van der Waals surface area contributed by atoms with Crippen LogP contribution in [0.25, 0.3) is 55.6 Å². The first-order valence-electron chi connectivity index (χ1n) is 20.8. The van der Waals surface area contributed by atoms with Gasteiger partial charge in [0.2, 0.25) is 0 Å².